The Bertz CT molecular complexity index is 831. The average molecular weight is 356 g/mol. The van der Waals surface area contributed by atoms with E-state index in [0.717, 1.165) is 5.69 Å². The van der Waals surface area contributed by atoms with Crippen molar-refractivity contribution in [3.63, 3.8) is 0 Å². The summed E-state index contributed by atoms with van der Waals surface area (Å²) in [5, 5.41) is 15.2. The number of hydrogen-bond donors (Lipinski definition) is 2. The molecule has 0 aliphatic rings. The zero-order valence-corrected chi connectivity index (χ0v) is 15.0. The van der Waals surface area contributed by atoms with Crippen molar-refractivity contribution in [1.29, 1.82) is 5.26 Å². The lowest BCUT2D eigenvalue weighted by molar-refractivity contribution is 0.355. The highest BCUT2D eigenvalue weighted by Gasteiger charge is 2.07. The number of hydrogen-bond acceptors (Lipinski definition) is 4. The predicted molar refractivity (Wildman–Crippen MR) is 99.1 cm³/mol. The summed E-state index contributed by atoms with van der Waals surface area (Å²) in [6, 6.07) is 11.6. The molecule has 2 aromatic carbocycles. The molecule has 0 spiro atoms. The van der Waals surface area contributed by atoms with Gasteiger partial charge in [0, 0.05) is 23.9 Å². The van der Waals surface area contributed by atoms with Crippen LogP contribution in [0.5, 0.6) is 11.5 Å². The Balaban J connectivity index is 2.21. The number of benzene rings is 2. The standard InChI is InChI=1S/C19H21FN4O2/c1-4-22-19(23-12-14-9-13(11-21)5-7-16(14)20)24-15-6-8-17(25-2)18(10-15)26-3/h5-10H,4,12H2,1-3H3,(H2,22,23,24). The van der Waals surface area contributed by atoms with Crippen LogP contribution in [0.15, 0.2) is 41.4 Å². The minimum atomic E-state index is -0.394. The Labute approximate surface area is 152 Å². The van der Waals surface area contributed by atoms with Crippen LogP contribution in [-0.2, 0) is 6.54 Å². The number of nitrogens with zero attached hydrogens (tertiary/aromatic N) is 2. The summed E-state index contributed by atoms with van der Waals surface area (Å²) in [5.41, 5.74) is 1.50. The predicted octanol–water partition coefficient (Wildman–Crippen LogP) is 3.29. The van der Waals surface area contributed by atoms with Crippen molar-refractivity contribution in [2.45, 2.75) is 13.5 Å². The van der Waals surface area contributed by atoms with E-state index in [1.54, 1.807) is 26.4 Å². The van der Waals surface area contributed by atoms with Gasteiger partial charge in [0.15, 0.2) is 17.5 Å². The highest BCUT2D eigenvalue weighted by atomic mass is 19.1. The summed E-state index contributed by atoms with van der Waals surface area (Å²) >= 11 is 0. The minimum Gasteiger partial charge on any atom is -0.493 e. The van der Waals surface area contributed by atoms with E-state index >= 15 is 0 Å². The molecule has 0 amide bonds. The number of anilines is 1. The first kappa shape index (κ1) is 19.1. The second kappa shape index (κ2) is 9.28. The molecule has 7 heteroatoms. The lowest BCUT2D eigenvalue weighted by Crippen LogP contribution is -2.30. The van der Waals surface area contributed by atoms with Gasteiger partial charge in [0.2, 0.25) is 0 Å². The van der Waals surface area contributed by atoms with E-state index < -0.39 is 5.82 Å². The highest BCUT2D eigenvalue weighted by Crippen LogP contribution is 2.29. The quantitative estimate of drug-likeness (QED) is 0.613. The van der Waals surface area contributed by atoms with Gasteiger partial charge in [-0.3, -0.25) is 0 Å². The third-order valence-corrected chi connectivity index (χ3v) is 3.57. The van der Waals surface area contributed by atoms with Crippen molar-refractivity contribution in [2.75, 3.05) is 26.1 Å². The number of guanidine groups is 1. The zero-order chi connectivity index (χ0) is 18.9. The summed E-state index contributed by atoms with van der Waals surface area (Å²) < 4.78 is 24.4. The molecule has 26 heavy (non-hydrogen) atoms. The molecular formula is C19H21FN4O2. The van der Waals surface area contributed by atoms with Crippen LogP contribution in [0.2, 0.25) is 0 Å². The molecule has 0 radical (unpaired) electrons. The topological polar surface area (TPSA) is 78.7 Å². The summed E-state index contributed by atoms with van der Waals surface area (Å²) in [7, 11) is 3.13. The second-order valence-electron chi connectivity index (χ2n) is 5.31. The van der Waals surface area contributed by atoms with E-state index in [-0.39, 0.29) is 6.54 Å². The van der Waals surface area contributed by atoms with Gasteiger partial charge in [-0.25, -0.2) is 9.38 Å². The molecular weight excluding hydrogens is 335 g/mol. The van der Waals surface area contributed by atoms with Gasteiger partial charge in [-0.1, -0.05) is 0 Å². The third-order valence-electron chi connectivity index (χ3n) is 3.57. The lowest BCUT2D eigenvalue weighted by Gasteiger charge is -2.14. The molecule has 6 nitrogen and oxygen atoms in total. The normalized spacial score (nSPS) is 10.8. The number of methoxy groups -OCH3 is 2. The van der Waals surface area contributed by atoms with Crippen LogP contribution in [0.4, 0.5) is 10.1 Å². The van der Waals surface area contributed by atoms with Crippen LogP contribution in [0.25, 0.3) is 0 Å². The van der Waals surface area contributed by atoms with Gasteiger partial charge in [-0.05, 0) is 37.3 Å². The molecule has 0 saturated carbocycles. The van der Waals surface area contributed by atoms with Crippen LogP contribution in [0.1, 0.15) is 18.1 Å². The van der Waals surface area contributed by atoms with E-state index in [1.165, 1.54) is 18.2 Å². The first-order valence-electron chi connectivity index (χ1n) is 8.07. The summed E-state index contributed by atoms with van der Waals surface area (Å²) in [6.45, 7) is 2.67. The first-order chi connectivity index (χ1) is 12.6. The SMILES string of the molecule is CCNC(=NCc1cc(C#N)ccc1F)Nc1ccc(OC)c(OC)c1. The van der Waals surface area contributed by atoms with Crippen LogP contribution in [0.3, 0.4) is 0 Å². The smallest absolute Gasteiger partial charge is 0.196 e. The van der Waals surface area contributed by atoms with Gasteiger partial charge in [-0.15, -0.1) is 0 Å². The monoisotopic (exact) mass is 356 g/mol. The van der Waals surface area contributed by atoms with E-state index in [1.807, 2.05) is 19.1 Å². The van der Waals surface area contributed by atoms with Crippen molar-refractivity contribution >= 4 is 11.6 Å². The van der Waals surface area contributed by atoms with Gasteiger partial charge >= 0.3 is 0 Å². The van der Waals surface area contributed by atoms with Crippen LogP contribution < -0.4 is 20.1 Å². The zero-order valence-electron chi connectivity index (χ0n) is 15.0. The van der Waals surface area contributed by atoms with Gasteiger partial charge < -0.3 is 20.1 Å². The summed E-state index contributed by atoms with van der Waals surface area (Å²) in [5.74, 6) is 1.30. The number of aliphatic imine (C=N–C) groups is 1. The maximum atomic E-state index is 13.9. The van der Waals surface area contributed by atoms with E-state index in [4.69, 9.17) is 14.7 Å². The maximum absolute atomic E-state index is 13.9. The van der Waals surface area contributed by atoms with Gasteiger partial charge in [0.25, 0.3) is 0 Å². The molecule has 2 rings (SSSR count). The molecule has 0 heterocycles. The Kier molecular flexibility index (Phi) is 6.80. The average Bonchev–Trinajstić information content (AvgIpc) is 2.67. The number of nitriles is 1. The minimum absolute atomic E-state index is 0.101. The van der Waals surface area contributed by atoms with E-state index in [2.05, 4.69) is 15.6 Å². The van der Waals surface area contributed by atoms with Crippen molar-refractivity contribution in [1.82, 2.24) is 5.32 Å². The molecule has 0 saturated heterocycles. The van der Waals surface area contributed by atoms with E-state index in [0.29, 0.717) is 35.1 Å². The number of halogens is 1. The Morgan fingerprint density at radius 3 is 2.58 bits per heavy atom. The molecule has 2 aromatic rings. The largest absolute Gasteiger partial charge is 0.493 e. The Hall–Kier alpha value is -3.27. The Morgan fingerprint density at radius 1 is 1.15 bits per heavy atom. The van der Waals surface area contributed by atoms with Crippen molar-refractivity contribution in [3.8, 4) is 17.6 Å². The Morgan fingerprint density at radius 2 is 1.92 bits per heavy atom. The number of nitrogens with one attached hydrogen (secondary N) is 2. The van der Waals surface area contributed by atoms with Gasteiger partial charge in [0.1, 0.15) is 5.82 Å². The molecule has 2 N–H and O–H groups in total. The number of ether oxygens (including phenoxy) is 2. The molecule has 0 aliphatic heterocycles. The third kappa shape index (κ3) is 4.86. The van der Waals surface area contributed by atoms with Gasteiger partial charge in [-0.2, -0.15) is 5.26 Å². The molecule has 0 fully saturated rings. The molecule has 0 aromatic heterocycles. The molecule has 136 valence electrons. The fourth-order valence-corrected chi connectivity index (χ4v) is 2.29. The fraction of sp³-hybridized carbons (Fsp3) is 0.263. The fourth-order valence-electron chi connectivity index (χ4n) is 2.29. The lowest BCUT2D eigenvalue weighted by atomic mass is 10.1. The molecule has 0 atom stereocenters. The molecule has 0 aliphatic carbocycles. The molecule has 0 unspecified atom stereocenters. The summed E-state index contributed by atoms with van der Waals surface area (Å²) in [4.78, 5) is 4.39. The van der Waals surface area contributed by atoms with Crippen molar-refractivity contribution < 1.29 is 13.9 Å². The highest BCUT2D eigenvalue weighted by molar-refractivity contribution is 5.93. The van der Waals surface area contributed by atoms with Crippen LogP contribution >= 0.6 is 0 Å². The summed E-state index contributed by atoms with van der Waals surface area (Å²) in [6.07, 6.45) is 0. The van der Waals surface area contributed by atoms with Crippen LogP contribution in [0, 0.1) is 17.1 Å². The van der Waals surface area contributed by atoms with Gasteiger partial charge in [0.05, 0.1) is 32.4 Å². The van der Waals surface area contributed by atoms with E-state index in [9.17, 15) is 4.39 Å². The second-order valence-corrected chi connectivity index (χ2v) is 5.31. The van der Waals surface area contributed by atoms with Crippen molar-refractivity contribution in [2.24, 2.45) is 4.99 Å². The van der Waals surface area contributed by atoms with Crippen LogP contribution in [-0.4, -0.2) is 26.7 Å². The first-order valence-corrected chi connectivity index (χ1v) is 8.07. The molecule has 0 bridgehead atoms. The maximum Gasteiger partial charge on any atom is 0.196 e. The number of rotatable bonds is 6. The van der Waals surface area contributed by atoms with Crippen molar-refractivity contribution in [3.05, 3.63) is 53.3 Å².